The van der Waals surface area contributed by atoms with Gasteiger partial charge in [0.2, 0.25) is 0 Å². The number of halogens is 1. The average molecular weight is 332 g/mol. The van der Waals surface area contributed by atoms with E-state index in [4.69, 9.17) is 4.74 Å². The predicted octanol–water partition coefficient (Wildman–Crippen LogP) is 3.64. The molecular formula is C17H33FN2O3. The Hall–Kier alpha value is -0.880. The third-order valence-corrected chi connectivity index (χ3v) is 4.71. The van der Waals surface area contributed by atoms with E-state index in [1.165, 1.54) is 0 Å². The van der Waals surface area contributed by atoms with Crippen molar-refractivity contribution in [1.29, 1.82) is 0 Å². The zero-order valence-corrected chi connectivity index (χ0v) is 15.3. The lowest BCUT2D eigenvalue weighted by Crippen LogP contribution is -2.47. The monoisotopic (exact) mass is 332 g/mol. The molecule has 2 saturated heterocycles. The predicted molar refractivity (Wildman–Crippen MR) is 88.9 cm³/mol. The lowest BCUT2D eigenvalue weighted by atomic mass is 9.95. The summed E-state index contributed by atoms with van der Waals surface area (Å²) in [5.41, 5.74) is -0.171. The summed E-state index contributed by atoms with van der Waals surface area (Å²) in [6.07, 6.45) is 3.60. The molecule has 136 valence electrons. The van der Waals surface area contributed by atoms with E-state index in [1.54, 1.807) is 11.9 Å². The largest absolute Gasteiger partial charge is 0.448 e. The summed E-state index contributed by atoms with van der Waals surface area (Å²) >= 11 is 0. The highest BCUT2D eigenvalue weighted by Crippen LogP contribution is 2.42. The molecule has 2 rings (SSSR count). The van der Waals surface area contributed by atoms with Crippen LogP contribution in [0.25, 0.3) is 0 Å². The maximum absolute atomic E-state index is 12.3. The van der Waals surface area contributed by atoms with Gasteiger partial charge in [0.1, 0.15) is 13.2 Å². The first kappa shape index (κ1) is 20.2. The van der Waals surface area contributed by atoms with Crippen LogP contribution in [0.5, 0.6) is 0 Å². The number of fused-ring (bicyclic) bond motifs is 1. The van der Waals surface area contributed by atoms with Gasteiger partial charge in [-0.3, -0.25) is 4.90 Å². The molecule has 23 heavy (non-hydrogen) atoms. The summed E-state index contributed by atoms with van der Waals surface area (Å²) in [6.45, 7) is 10.3. The van der Waals surface area contributed by atoms with Crippen LogP contribution in [0.2, 0.25) is 0 Å². The SMILES string of the molecule is CC.CC(C)CN(C)C(=O)OCC1CCC2(COF)CCCN12. The van der Waals surface area contributed by atoms with Crippen LogP contribution in [0.3, 0.4) is 0 Å². The summed E-state index contributed by atoms with van der Waals surface area (Å²) < 4.78 is 17.8. The van der Waals surface area contributed by atoms with Crippen LogP contribution in [0.4, 0.5) is 9.32 Å². The molecule has 0 saturated carbocycles. The Morgan fingerprint density at radius 3 is 2.70 bits per heavy atom. The number of amides is 1. The Balaban J connectivity index is 0.00000127. The normalized spacial score (nSPS) is 26.7. The highest BCUT2D eigenvalue weighted by molar-refractivity contribution is 5.67. The van der Waals surface area contributed by atoms with E-state index >= 15 is 0 Å². The first-order valence-electron chi connectivity index (χ1n) is 8.87. The van der Waals surface area contributed by atoms with Gasteiger partial charge < -0.3 is 9.64 Å². The Kier molecular flexibility index (Phi) is 8.26. The molecule has 0 aliphatic carbocycles. The summed E-state index contributed by atoms with van der Waals surface area (Å²) in [7, 11) is 1.76. The molecule has 1 amide bonds. The minimum absolute atomic E-state index is 0.130. The van der Waals surface area contributed by atoms with Gasteiger partial charge in [-0.05, 0) is 42.7 Å². The molecule has 2 unspecified atom stereocenters. The molecule has 2 heterocycles. The van der Waals surface area contributed by atoms with Crippen LogP contribution in [-0.4, -0.2) is 60.8 Å². The van der Waals surface area contributed by atoms with Gasteiger partial charge in [-0.25, -0.2) is 4.79 Å². The van der Waals surface area contributed by atoms with Gasteiger partial charge in [0.25, 0.3) is 0 Å². The van der Waals surface area contributed by atoms with Crippen molar-refractivity contribution in [3.8, 4) is 0 Å². The van der Waals surface area contributed by atoms with Crippen molar-refractivity contribution in [1.82, 2.24) is 9.80 Å². The maximum Gasteiger partial charge on any atom is 0.409 e. The van der Waals surface area contributed by atoms with Crippen molar-refractivity contribution in [2.45, 2.75) is 65.0 Å². The van der Waals surface area contributed by atoms with Crippen molar-refractivity contribution in [3.05, 3.63) is 0 Å². The quantitative estimate of drug-likeness (QED) is 0.745. The number of rotatable bonds is 6. The third-order valence-electron chi connectivity index (χ3n) is 4.71. The van der Waals surface area contributed by atoms with Crippen molar-refractivity contribution in [2.24, 2.45) is 5.92 Å². The van der Waals surface area contributed by atoms with E-state index in [-0.39, 0.29) is 24.3 Å². The van der Waals surface area contributed by atoms with Crippen molar-refractivity contribution in [2.75, 3.05) is 33.4 Å². The first-order valence-corrected chi connectivity index (χ1v) is 8.87. The van der Waals surface area contributed by atoms with E-state index in [0.717, 1.165) is 32.2 Å². The van der Waals surface area contributed by atoms with Crippen LogP contribution in [0.15, 0.2) is 0 Å². The summed E-state index contributed by atoms with van der Waals surface area (Å²) in [5, 5.41) is 0. The van der Waals surface area contributed by atoms with Crippen molar-refractivity contribution >= 4 is 6.09 Å². The molecule has 6 heteroatoms. The Morgan fingerprint density at radius 2 is 2.09 bits per heavy atom. The fraction of sp³-hybridized carbons (Fsp3) is 0.941. The molecule has 2 fully saturated rings. The second-order valence-electron chi connectivity index (χ2n) is 6.82. The van der Waals surface area contributed by atoms with Crippen LogP contribution in [0.1, 0.15) is 53.4 Å². The number of hydrogen-bond donors (Lipinski definition) is 0. The maximum atomic E-state index is 12.3. The molecule has 0 spiro atoms. The molecule has 5 nitrogen and oxygen atoms in total. The summed E-state index contributed by atoms with van der Waals surface area (Å²) in [6, 6.07) is 0.194. The molecule has 0 radical (unpaired) electrons. The van der Waals surface area contributed by atoms with Crippen LogP contribution < -0.4 is 0 Å². The fourth-order valence-corrected chi connectivity index (χ4v) is 3.79. The zero-order chi connectivity index (χ0) is 17.5. The Morgan fingerprint density at radius 1 is 1.39 bits per heavy atom. The fourth-order valence-electron chi connectivity index (χ4n) is 3.79. The Labute approximate surface area is 140 Å². The molecule has 0 bridgehead atoms. The van der Waals surface area contributed by atoms with E-state index in [0.29, 0.717) is 19.1 Å². The van der Waals surface area contributed by atoms with Gasteiger partial charge in [0.15, 0.2) is 0 Å². The van der Waals surface area contributed by atoms with Crippen LogP contribution in [0, 0.1) is 5.92 Å². The van der Waals surface area contributed by atoms with Gasteiger partial charge in [-0.15, -0.1) is 0 Å². The van der Waals surface area contributed by atoms with Crippen molar-refractivity contribution in [3.63, 3.8) is 0 Å². The molecule has 0 N–H and O–H groups in total. The second kappa shape index (κ2) is 9.42. The third kappa shape index (κ3) is 5.05. The molecule has 2 aliphatic heterocycles. The van der Waals surface area contributed by atoms with Gasteiger partial charge in [0.05, 0.1) is 0 Å². The highest BCUT2D eigenvalue weighted by atomic mass is 19.3. The molecular weight excluding hydrogens is 299 g/mol. The minimum Gasteiger partial charge on any atom is -0.448 e. The van der Waals surface area contributed by atoms with Crippen LogP contribution >= 0.6 is 0 Å². The lowest BCUT2D eigenvalue weighted by molar-refractivity contribution is -0.163. The number of nitrogens with zero attached hydrogens (tertiary/aromatic N) is 2. The van der Waals surface area contributed by atoms with Gasteiger partial charge in [0, 0.05) is 25.2 Å². The zero-order valence-electron chi connectivity index (χ0n) is 15.3. The smallest absolute Gasteiger partial charge is 0.409 e. The lowest BCUT2D eigenvalue weighted by Gasteiger charge is -2.33. The average Bonchev–Trinajstić information content (AvgIpc) is 3.05. The molecule has 0 aromatic heterocycles. The highest BCUT2D eigenvalue weighted by Gasteiger charge is 2.49. The van der Waals surface area contributed by atoms with E-state index in [9.17, 15) is 9.32 Å². The van der Waals surface area contributed by atoms with Gasteiger partial charge in [-0.2, -0.15) is 4.94 Å². The molecule has 0 aromatic rings. The standard InChI is InChI=1S/C15H27FN2O3.C2H6/c1-12(2)9-17(3)14(19)20-10-13-5-7-15(11-21-16)6-4-8-18(13)15;1-2/h12-13H,4-11H2,1-3H3;1-2H3. The Bertz CT molecular complexity index is 368. The van der Waals surface area contributed by atoms with Crippen molar-refractivity contribution < 1.29 is 19.0 Å². The minimum atomic E-state index is -0.276. The van der Waals surface area contributed by atoms with E-state index in [2.05, 4.69) is 23.7 Å². The number of hydrogen-bond acceptors (Lipinski definition) is 4. The van der Waals surface area contributed by atoms with E-state index in [1.807, 2.05) is 13.8 Å². The summed E-state index contributed by atoms with van der Waals surface area (Å²) in [5.74, 6) is 0.418. The van der Waals surface area contributed by atoms with Gasteiger partial charge >= 0.3 is 6.09 Å². The number of ether oxygens (including phenoxy) is 1. The first-order chi connectivity index (χ1) is 11.0. The molecule has 2 atom stereocenters. The van der Waals surface area contributed by atoms with Crippen LogP contribution in [-0.2, 0) is 9.68 Å². The number of carbonyl (C=O) groups is 1. The molecule has 0 aromatic carbocycles. The van der Waals surface area contributed by atoms with Gasteiger partial charge in [-0.1, -0.05) is 27.7 Å². The second-order valence-corrected chi connectivity index (χ2v) is 6.82. The topological polar surface area (TPSA) is 42.0 Å². The van der Waals surface area contributed by atoms with E-state index < -0.39 is 0 Å². The summed E-state index contributed by atoms with van der Waals surface area (Å²) in [4.78, 5) is 19.8. The molecule has 2 aliphatic rings. The number of carbonyl (C=O) groups excluding carboxylic acids is 1.